The summed E-state index contributed by atoms with van der Waals surface area (Å²) in [6.07, 6.45) is 5.08. The number of carbonyl (C=O) groups excluding carboxylic acids is 2. The number of rotatable bonds is 6. The minimum absolute atomic E-state index is 0.0687. The Morgan fingerprint density at radius 2 is 1.86 bits per heavy atom. The summed E-state index contributed by atoms with van der Waals surface area (Å²) < 4.78 is 26.6. The number of amides is 2. The van der Waals surface area contributed by atoms with Crippen LogP contribution in [0.15, 0.2) is 58.3 Å². The van der Waals surface area contributed by atoms with E-state index in [1.54, 1.807) is 38.4 Å². The maximum absolute atomic E-state index is 12.6. The molecule has 2 aromatic carbocycles. The van der Waals surface area contributed by atoms with Gasteiger partial charge < -0.3 is 10.2 Å². The molecule has 146 valence electrons. The highest BCUT2D eigenvalue weighted by Crippen LogP contribution is 2.29. The van der Waals surface area contributed by atoms with Gasteiger partial charge in [0.05, 0.1) is 17.1 Å². The Labute approximate surface area is 168 Å². The van der Waals surface area contributed by atoms with Crippen LogP contribution in [0.2, 0.25) is 0 Å². The zero-order valence-corrected chi connectivity index (χ0v) is 16.9. The van der Waals surface area contributed by atoms with Crippen LogP contribution in [0, 0.1) is 12.3 Å². The molecule has 0 aliphatic rings. The first-order chi connectivity index (χ1) is 13.2. The van der Waals surface area contributed by atoms with Crippen molar-refractivity contribution in [2.45, 2.75) is 9.79 Å². The highest BCUT2D eigenvalue weighted by atomic mass is 32.2. The third-order valence-corrected chi connectivity index (χ3v) is 5.98. The van der Waals surface area contributed by atoms with E-state index in [0.717, 1.165) is 11.8 Å². The molecule has 0 aliphatic carbocycles. The van der Waals surface area contributed by atoms with Crippen LogP contribution < -0.4 is 10.0 Å². The molecule has 0 fully saturated rings. The Balaban J connectivity index is 2.24. The Bertz CT molecular complexity index is 1030. The molecule has 0 atom stereocenters. The smallest absolute Gasteiger partial charge is 0.286 e. The number of hydrogen-bond acceptors (Lipinski definition) is 5. The lowest BCUT2D eigenvalue weighted by Crippen LogP contribution is -2.24. The highest BCUT2D eigenvalue weighted by Gasteiger charge is 2.17. The lowest BCUT2D eigenvalue weighted by atomic mass is 10.2. The number of nitrogens with zero attached hydrogens (tertiary/aromatic N) is 1. The van der Waals surface area contributed by atoms with Crippen LogP contribution >= 0.6 is 11.8 Å². The summed E-state index contributed by atoms with van der Waals surface area (Å²) >= 11 is 0.980. The molecule has 0 saturated carbocycles. The summed E-state index contributed by atoms with van der Waals surface area (Å²) in [6, 6.07) is 12.5. The fourth-order valence-electron chi connectivity index (χ4n) is 2.06. The zero-order chi connectivity index (χ0) is 20.7. The Morgan fingerprint density at radius 3 is 2.54 bits per heavy atom. The molecular weight excluding hydrogens is 398 g/mol. The van der Waals surface area contributed by atoms with E-state index in [4.69, 9.17) is 6.42 Å². The highest BCUT2D eigenvalue weighted by molar-refractivity contribution is 8.13. The summed E-state index contributed by atoms with van der Waals surface area (Å²) in [5, 5.41) is 2.53. The molecule has 0 spiro atoms. The number of anilines is 1. The van der Waals surface area contributed by atoms with Crippen molar-refractivity contribution in [1.82, 2.24) is 9.62 Å². The Kier molecular flexibility index (Phi) is 7.23. The Hall–Kier alpha value is -2.80. The molecule has 2 N–H and O–H groups in total. The lowest BCUT2D eigenvalue weighted by Gasteiger charge is -2.13. The van der Waals surface area contributed by atoms with Gasteiger partial charge in [0.2, 0.25) is 10.0 Å². The van der Waals surface area contributed by atoms with Crippen molar-refractivity contribution in [2.24, 2.45) is 0 Å². The maximum Gasteiger partial charge on any atom is 0.286 e. The first kappa shape index (κ1) is 21.5. The summed E-state index contributed by atoms with van der Waals surface area (Å²) in [4.78, 5) is 26.5. The van der Waals surface area contributed by atoms with Crippen LogP contribution in [0.25, 0.3) is 0 Å². The van der Waals surface area contributed by atoms with Gasteiger partial charge in [-0.05, 0) is 42.1 Å². The molecule has 0 radical (unpaired) electrons. The molecule has 2 amide bonds. The molecule has 0 saturated heterocycles. The molecule has 2 rings (SSSR count). The van der Waals surface area contributed by atoms with Gasteiger partial charge in [0.25, 0.3) is 11.1 Å². The largest absolute Gasteiger partial charge is 0.339 e. The number of para-hydroxylation sites is 1. The minimum Gasteiger partial charge on any atom is -0.339 e. The third-order valence-electron chi connectivity index (χ3n) is 3.47. The van der Waals surface area contributed by atoms with Crippen molar-refractivity contribution in [1.29, 1.82) is 0 Å². The molecule has 7 nitrogen and oxygen atoms in total. The van der Waals surface area contributed by atoms with Crippen molar-refractivity contribution in [3.05, 3.63) is 54.1 Å². The second-order valence-corrected chi connectivity index (χ2v) is 8.53. The fraction of sp³-hybridized carbons (Fsp3) is 0.158. The fourth-order valence-corrected chi connectivity index (χ4v) is 3.79. The number of sulfonamides is 1. The van der Waals surface area contributed by atoms with Crippen molar-refractivity contribution < 1.29 is 18.0 Å². The van der Waals surface area contributed by atoms with Crippen LogP contribution in [0.5, 0.6) is 0 Å². The molecule has 0 bridgehead atoms. The number of thioether (sulfide) groups is 1. The summed E-state index contributed by atoms with van der Waals surface area (Å²) in [5.74, 6) is 1.69. The van der Waals surface area contributed by atoms with Gasteiger partial charge in [-0.1, -0.05) is 24.1 Å². The SMILES string of the molecule is C#CCNS(=O)(=O)c1cccc(C(=O)Nc2ccccc2SC(=O)N(C)C)c1. The molecule has 9 heteroatoms. The predicted octanol–water partition coefficient (Wildman–Crippen LogP) is 2.62. The van der Waals surface area contributed by atoms with Gasteiger partial charge in [0, 0.05) is 24.6 Å². The lowest BCUT2D eigenvalue weighted by molar-refractivity contribution is 0.102. The van der Waals surface area contributed by atoms with Crippen molar-refractivity contribution in [2.75, 3.05) is 26.0 Å². The first-order valence-corrected chi connectivity index (χ1v) is 10.4. The maximum atomic E-state index is 12.6. The molecule has 0 aromatic heterocycles. The van der Waals surface area contributed by atoms with Gasteiger partial charge in [0.1, 0.15) is 0 Å². The molecule has 0 unspecified atom stereocenters. The summed E-state index contributed by atoms with van der Waals surface area (Å²) in [6.45, 7) is -0.150. The van der Waals surface area contributed by atoms with E-state index in [2.05, 4.69) is 16.0 Å². The van der Waals surface area contributed by atoms with E-state index in [0.29, 0.717) is 10.6 Å². The molecule has 0 heterocycles. The van der Waals surface area contributed by atoms with Gasteiger partial charge >= 0.3 is 0 Å². The van der Waals surface area contributed by atoms with Gasteiger partial charge in [-0.3, -0.25) is 9.59 Å². The van der Waals surface area contributed by atoms with Crippen molar-refractivity contribution >= 4 is 38.6 Å². The summed E-state index contributed by atoms with van der Waals surface area (Å²) in [7, 11) is -0.540. The zero-order valence-electron chi connectivity index (χ0n) is 15.3. The van der Waals surface area contributed by atoms with Gasteiger partial charge in [-0.2, -0.15) is 4.72 Å². The summed E-state index contributed by atoms with van der Waals surface area (Å²) in [5.41, 5.74) is 0.605. The van der Waals surface area contributed by atoms with Gasteiger partial charge in [0.15, 0.2) is 0 Å². The van der Waals surface area contributed by atoms with E-state index in [9.17, 15) is 18.0 Å². The number of carbonyl (C=O) groups is 2. The van der Waals surface area contributed by atoms with Gasteiger partial charge in [-0.25, -0.2) is 8.42 Å². The van der Waals surface area contributed by atoms with E-state index < -0.39 is 15.9 Å². The van der Waals surface area contributed by atoms with Crippen molar-refractivity contribution in [3.63, 3.8) is 0 Å². The standard InChI is InChI=1S/C19H19N3O4S2/c1-4-12-20-28(25,26)15-9-7-8-14(13-15)18(23)21-16-10-5-6-11-17(16)27-19(24)22(2)3/h1,5-11,13,20H,12H2,2-3H3,(H,21,23). The average molecular weight is 418 g/mol. The number of benzene rings is 2. The van der Waals surface area contributed by atoms with Crippen LogP contribution in [-0.2, 0) is 10.0 Å². The normalized spacial score (nSPS) is 10.8. The second kappa shape index (κ2) is 9.41. The number of nitrogens with one attached hydrogen (secondary N) is 2. The molecule has 2 aromatic rings. The van der Waals surface area contributed by atoms with Gasteiger partial charge in [-0.15, -0.1) is 6.42 Å². The molecule has 0 aliphatic heterocycles. The average Bonchev–Trinajstić information content (AvgIpc) is 2.67. The minimum atomic E-state index is -3.81. The third kappa shape index (κ3) is 5.60. The molecule has 28 heavy (non-hydrogen) atoms. The van der Waals surface area contributed by atoms with E-state index in [-0.39, 0.29) is 22.2 Å². The van der Waals surface area contributed by atoms with E-state index >= 15 is 0 Å². The quantitative estimate of drug-likeness (QED) is 0.556. The van der Waals surface area contributed by atoms with Crippen LogP contribution in [-0.4, -0.2) is 45.1 Å². The second-order valence-electron chi connectivity index (χ2n) is 5.77. The number of hydrogen-bond donors (Lipinski definition) is 2. The topological polar surface area (TPSA) is 95.6 Å². The van der Waals surface area contributed by atoms with Crippen LogP contribution in [0.1, 0.15) is 10.4 Å². The predicted molar refractivity (Wildman–Crippen MR) is 110 cm³/mol. The number of terminal acetylenes is 1. The van der Waals surface area contributed by atoms with Crippen LogP contribution in [0.4, 0.5) is 10.5 Å². The monoisotopic (exact) mass is 417 g/mol. The Morgan fingerprint density at radius 1 is 1.14 bits per heavy atom. The first-order valence-electron chi connectivity index (χ1n) is 8.07. The van der Waals surface area contributed by atoms with E-state index in [1.165, 1.54) is 29.2 Å². The van der Waals surface area contributed by atoms with Crippen LogP contribution in [0.3, 0.4) is 0 Å². The van der Waals surface area contributed by atoms with Crippen molar-refractivity contribution in [3.8, 4) is 12.3 Å². The molecular formula is C19H19N3O4S2. The van der Waals surface area contributed by atoms with E-state index in [1.807, 2.05) is 0 Å².